The molecule has 7 fully saturated rings. The number of piperidine rings is 1. The molecule has 6 bridgehead atoms. The number of thiazole rings is 1. The molecule has 4 aromatic rings. The van der Waals surface area contributed by atoms with Gasteiger partial charge in [-0.15, -0.1) is 11.3 Å². The van der Waals surface area contributed by atoms with Gasteiger partial charge in [-0.2, -0.15) is 0 Å². The molecule has 75 heavy (non-hydrogen) atoms. The van der Waals surface area contributed by atoms with Crippen molar-refractivity contribution in [3.05, 3.63) is 57.7 Å². The summed E-state index contributed by atoms with van der Waals surface area (Å²) < 4.78 is 38.8. The van der Waals surface area contributed by atoms with Crippen LogP contribution in [0.4, 0.5) is 0 Å². The second-order valence-electron chi connectivity index (χ2n) is 23.9. The molecule has 17 nitrogen and oxygen atoms in total. The number of amides is 2. The largest absolute Gasteiger partial charge is 0.464 e. The van der Waals surface area contributed by atoms with Crippen LogP contribution in [0.5, 0.6) is 0 Å². The molecule has 8 aliphatic rings. The van der Waals surface area contributed by atoms with E-state index in [0.29, 0.717) is 91.0 Å². The molecule has 12 rings (SSSR count). The second-order valence-corrected chi connectivity index (χ2v) is 24.8. The number of esters is 1. The first kappa shape index (κ1) is 51.4. The Morgan fingerprint density at radius 1 is 0.987 bits per heavy atom. The number of aromatic nitrogens is 3. The Labute approximate surface area is 444 Å². The van der Waals surface area contributed by atoms with Crippen molar-refractivity contribution < 1.29 is 42.8 Å². The number of hydrogen-bond donors (Lipinski definition) is 2. The SMILES string of the molecule is CO[C@@H](C)c1ncc(C2CCN(C3CC3)CC2)cc1-c1c2c3cc(ccc3n1CCOC1CCOCC1)-c1csc(n1)[C@@H](N1CC3(COC3)C1)[C@H](NC(=O)[C@H]1OC[C@@H]1C)C(=O)N1CCC[C@H](N1)C(=O)OCC(C)(C)C2. The summed E-state index contributed by atoms with van der Waals surface area (Å²) in [6.07, 6.45) is 9.50. The first-order valence-corrected chi connectivity index (χ1v) is 28.8. The number of cyclic esters (lactones) is 1. The van der Waals surface area contributed by atoms with Crippen molar-refractivity contribution >= 4 is 40.0 Å². The number of carbonyl (C=O) groups excluding carboxylic acids is 3. The van der Waals surface area contributed by atoms with Crippen LogP contribution in [0.25, 0.3) is 33.4 Å². The van der Waals surface area contributed by atoms with Crippen LogP contribution in [0.15, 0.2) is 35.8 Å². The van der Waals surface area contributed by atoms with Crippen molar-refractivity contribution in [1.82, 2.24) is 40.1 Å². The summed E-state index contributed by atoms with van der Waals surface area (Å²) >= 11 is 1.51. The molecule has 10 heterocycles. The number of nitrogens with one attached hydrogen (secondary N) is 2. The number of carbonyl (C=O) groups is 3. The normalized spacial score (nSPS) is 28.3. The average Bonchev–Trinajstić information content (AvgIpc) is 4.07. The van der Waals surface area contributed by atoms with Crippen LogP contribution in [0.2, 0.25) is 0 Å². The highest BCUT2D eigenvalue weighted by molar-refractivity contribution is 7.10. The lowest BCUT2D eigenvalue weighted by Crippen LogP contribution is -2.70. The summed E-state index contributed by atoms with van der Waals surface area (Å²) in [4.78, 5) is 59.3. The predicted octanol–water partition coefficient (Wildman–Crippen LogP) is 6.59. The molecule has 6 saturated heterocycles. The fourth-order valence-corrected chi connectivity index (χ4v) is 13.9. The van der Waals surface area contributed by atoms with Gasteiger partial charge in [0.1, 0.15) is 23.2 Å². The van der Waals surface area contributed by atoms with E-state index in [-0.39, 0.29) is 42.0 Å². The van der Waals surface area contributed by atoms with Gasteiger partial charge in [0.15, 0.2) is 0 Å². The third-order valence-corrected chi connectivity index (χ3v) is 18.5. The topological polar surface area (TPSA) is 171 Å². The lowest BCUT2D eigenvalue weighted by Gasteiger charge is -2.58. The van der Waals surface area contributed by atoms with Gasteiger partial charge in [-0.25, -0.2) is 10.4 Å². The molecule has 2 N–H and O–H groups in total. The van der Waals surface area contributed by atoms with E-state index in [2.05, 4.69) is 81.7 Å². The molecule has 1 aromatic carbocycles. The standard InChI is InChI=1S/C57H76N8O9S/c1-34-27-73-51(34)52(66)60-48-50(63-29-57(30-63)32-71-33-57)53-59-45(28-75-53)37-8-11-46-41(23-37)43(25-56(3,4)31-74-55(68)44-7-6-16-65(61-44)54(48)67)49(64(46)19-22-72-40-14-20-70-21-15-40)42-24-38(26-58-47(42)35(2)69-5)36-12-17-62(18-13-36)39-9-10-39/h8,11,23-24,26,28,34-36,39-40,44,48,50-51,61H,6-7,9-10,12-22,25,27,29-33H2,1-5H3,(H,60,66)/t34-,35-,44-,48-,50-,51-/m0/s1. The summed E-state index contributed by atoms with van der Waals surface area (Å²) in [7, 11) is 1.75. The molecule has 2 amide bonds. The van der Waals surface area contributed by atoms with E-state index in [4.69, 9.17) is 38.4 Å². The van der Waals surface area contributed by atoms with Crippen molar-refractivity contribution in [2.45, 2.75) is 140 Å². The number of benzene rings is 1. The van der Waals surface area contributed by atoms with E-state index in [1.165, 1.54) is 34.8 Å². The maximum absolute atomic E-state index is 15.2. The second kappa shape index (κ2) is 21.1. The van der Waals surface area contributed by atoms with Gasteiger partial charge < -0.3 is 43.2 Å². The molecule has 6 atom stereocenters. The number of hydrazine groups is 1. The number of nitrogens with zero attached hydrogens (tertiary/aromatic N) is 6. The van der Waals surface area contributed by atoms with Crippen molar-refractivity contribution in [1.29, 1.82) is 0 Å². The number of rotatable bonds is 12. The summed E-state index contributed by atoms with van der Waals surface area (Å²) in [5.41, 5.74) is 10.9. The lowest BCUT2D eigenvalue weighted by atomic mass is 9.76. The van der Waals surface area contributed by atoms with Gasteiger partial charge in [0.2, 0.25) is 5.91 Å². The smallest absolute Gasteiger partial charge is 0.324 e. The summed E-state index contributed by atoms with van der Waals surface area (Å²) in [5, 5.41) is 8.61. The molecule has 1 spiro atoms. The van der Waals surface area contributed by atoms with Gasteiger partial charge in [-0.3, -0.25) is 29.3 Å². The van der Waals surface area contributed by atoms with Crippen molar-refractivity contribution in [3.8, 4) is 22.5 Å². The summed E-state index contributed by atoms with van der Waals surface area (Å²) in [5.74, 6) is -0.662. The molecule has 0 unspecified atom stereocenters. The number of methoxy groups -OCH3 is 1. The number of pyridine rings is 1. The molecular formula is C57H76N8O9S. The molecule has 404 valence electrons. The minimum Gasteiger partial charge on any atom is -0.464 e. The maximum atomic E-state index is 15.2. The van der Waals surface area contributed by atoms with Crippen LogP contribution in [0.1, 0.15) is 119 Å². The van der Waals surface area contributed by atoms with Crippen molar-refractivity contribution in [2.75, 3.05) is 86.1 Å². The van der Waals surface area contributed by atoms with E-state index in [1.807, 2.05) is 6.92 Å². The Morgan fingerprint density at radius 3 is 2.49 bits per heavy atom. The quantitative estimate of drug-likeness (QED) is 0.146. The lowest BCUT2D eigenvalue weighted by molar-refractivity contribution is -0.203. The Morgan fingerprint density at radius 2 is 1.79 bits per heavy atom. The fraction of sp³-hybridized carbons (Fsp3) is 0.667. The summed E-state index contributed by atoms with van der Waals surface area (Å²) in [6, 6.07) is 7.44. The Balaban J connectivity index is 1.00. The molecular weight excluding hydrogens is 973 g/mol. The molecule has 1 aliphatic carbocycles. The predicted molar refractivity (Wildman–Crippen MR) is 283 cm³/mol. The minimum absolute atomic E-state index is 0.00702. The van der Waals surface area contributed by atoms with Crippen LogP contribution in [-0.2, 0) is 55.8 Å². The van der Waals surface area contributed by atoms with E-state index in [1.54, 1.807) is 7.11 Å². The van der Waals surface area contributed by atoms with Crippen LogP contribution in [0.3, 0.4) is 0 Å². The number of fused-ring (bicyclic) bond motifs is 6. The Bertz CT molecular complexity index is 2750. The van der Waals surface area contributed by atoms with E-state index >= 15 is 4.79 Å². The van der Waals surface area contributed by atoms with Crippen molar-refractivity contribution in [2.24, 2.45) is 16.7 Å². The number of hydrogen-bond acceptors (Lipinski definition) is 15. The van der Waals surface area contributed by atoms with E-state index in [0.717, 1.165) is 94.5 Å². The summed E-state index contributed by atoms with van der Waals surface area (Å²) in [6.45, 7) is 16.8. The highest BCUT2D eigenvalue weighted by atomic mass is 32.1. The first-order valence-electron chi connectivity index (χ1n) is 27.9. The molecule has 1 saturated carbocycles. The third kappa shape index (κ3) is 10.3. The monoisotopic (exact) mass is 1050 g/mol. The van der Waals surface area contributed by atoms with Gasteiger partial charge in [-0.1, -0.05) is 26.8 Å². The zero-order chi connectivity index (χ0) is 51.6. The molecule has 3 aromatic heterocycles. The van der Waals surface area contributed by atoms with Gasteiger partial charge in [0.25, 0.3) is 5.91 Å². The Hall–Kier alpha value is -4.37. The maximum Gasteiger partial charge on any atom is 0.324 e. The van der Waals surface area contributed by atoms with E-state index < -0.39 is 35.6 Å². The fourth-order valence-electron chi connectivity index (χ4n) is 12.9. The minimum atomic E-state index is -1.03. The van der Waals surface area contributed by atoms with Crippen LogP contribution in [0, 0.1) is 16.7 Å². The average molecular weight is 1050 g/mol. The highest BCUT2D eigenvalue weighted by Gasteiger charge is 2.55. The third-order valence-electron chi connectivity index (χ3n) is 17.6. The van der Waals surface area contributed by atoms with Crippen LogP contribution in [-0.4, -0.2) is 164 Å². The van der Waals surface area contributed by atoms with Gasteiger partial charge in [0, 0.05) is 103 Å². The molecule has 18 heteroatoms. The highest BCUT2D eigenvalue weighted by Crippen LogP contribution is 2.47. The Kier molecular flexibility index (Phi) is 14.5. The van der Waals surface area contributed by atoms with Gasteiger partial charge >= 0.3 is 5.97 Å². The van der Waals surface area contributed by atoms with Crippen molar-refractivity contribution in [3.63, 3.8) is 0 Å². The van der Waals surface area contributed by atoms with Gasteiger partial charge in [0.05, 0.1) is 68.4 Å². The van der Waals surface area contributed by atoms with Crippen LogP contribution < -0.4 is 10.7 Å². The number of likely N-dealkylation sites (tertiary alicyclic amines) is 2. The molecule has 0 radical (unpaired) electrons. The van der Waals surface area contributed by atoms with Crippen LogP contribution >= 0.6 is 11.3 Å². The zero-order valence-electron chi connectivity index (χ0n) is 44.5. The number of ether oxygens (including phenoxy) is 6. The molecule has 7 aliphatic heterocycles. The van der Waals surface area contributed by atoms with E-state index in [9.17, 15) is 9.59 Å². The zero-order valence-corrected chi connectivity index (χ0v) is 45.3. The first-order chi connectivity index (χ1) is 36.3. The van der Waals surface area contributed by atoms with Gasteiger partial charge in [-0.05, 0) is 113 Å².